The van der Waals surface area contributed by atoms with Gasteiger partial charge in [0.2, 0.25) is 0 Å². The maximum atomic E-state index is 12.8. The second-order valence-electron chi connectivity index (χ2n) is 17.8. The Morgan fingerprint density at radius 2 is 0.609 bits per heavy atom. The number of rotatable bonds is 48. The fourth-order valence-electron chi connectivity index (χ4n) is 7.01. The molecule has 0 aliphatic heterocycles. The highest BCUT2D eigenvalue weighted by molar-refractivity contribution is 5.71. The Morgan fingerprint density at radius 1 is 0.304 bits per heavy atom. The summed E-state index contributed by atoms with van der Waals surface area (Å²) in [6.07, 6.45) is 78.9. The smallest absolute Gasteiger partial charge is 0.306 e. The number of unbranched alkanes of at least 4 members (excludes halogenated alkanes) is 15. The molecule has 1 unspecified atom stereocenters. The fourth-order valence-corrected chi connectivity index (χ4v) is 7.01. The molecule has 1 atom stereocenters. The first-order valence-corrected chi connectivity index (χ1v) is 27.7. The maximum absolute atomic E-state index is 12.8. The highest BCUT2D eigenvalue weighted by Crippen LogP contribution is 2.13. The van der Waals surface area contributed by atoms with E-state index in [1.807, 2.05) is 0 Å². The van der Waals surface area contributed by atoms with Crippen LogP contribution in [-0.4, -0.2) is 37.2 Å². The Hall–Kier alpha value is -4.45. The van der Waals surface area contributed by atoms with Crippen molar-refractivity contribution >= 4 is 17.9 Å². The summed E-state index contributed by atoms with van der Waals surface area (Å²) in [4.78, 5) is 37.9. The first kappa shape index (κ1) is 64.5. The molecule has 0 radical (unpaired) electrons. The summed E-state index contributed by atoms with van der Waals surface area (Å²) < 4.78 is 16.7. The number of ether oxygens (including phenoxy) is 3. The zero-order chi connectivity index (χ0) is 50.0. The van der Waals surface area contributed by atoms with Gasteiger partial charge in [-0.1, -0.05) is 231 Å². The van der Waals surface area contributed by atoms with Gasteiger partial charge in [0.05, 0.1) is 0 Å². The quantitative estimate of drug-likeness (QED) is 0.0262. The van der Waals surface area contributed by atoms with E-state index >= 15 is 0 Å². The van der Waals surface area contributed by atoms with Crippen molar-refractivity contribution in [1.29, 1.82) is 0 Å². The van der Waals surface area contributed by atoms with Crippen molar-refractivity contribution in [3.63, 3.8) is 0 Å². The van der Waals surface area contributed by atoms with Crippen molar-refractivity contribution in [3.8, 4) is 0 Å². The zero-order valence-corrected chi connectivity index (χ0v) is 44.3. The van der Waals surface area contributed by atoms with Crippen LogP contribution in [0.5, 0.6) is 0 Å². The van der Waals surface area contributed by atoms with Gasteiger partial charge in [0.15, 0.2) is 6.10 Å². The van der Waals surface area contributed by atoms with Crippen molar-refractivity contribution < 1.29 is 28.6 Å². The molecule has 6 heteroatoms. The van der Waals surface area contributed by atoms with Crippen molar-refractivity contribution in [3.05, 3.63) is 134 Å². The molecule has 0 heterocycles. The SMILES string of the molecule is CC/C=C\C/C=C\C/C=C\C/C=C\C/C=C\C/C=C\C/C=C\C/C=C\C/C=C\CCCC(=O)OCC(COC(=O)CCCCCCCCCCC)OC(=O)CCCCCCC/C=C\C/C=C\CCC. The monoisotopic (exact) mass is 953 g/mol. The van der Waals surface area contributed by atoms with Gasteiger partial charge in [0, 0.05) is 19.3 Å². The summed E-state index contributed by atoms with van der Waals surface area (Å²) in [5.74, 6) is -0.992. The summed E-state index contributed by atoms with van der Waals surface area (Å²) in [7, 11) is 0. The minimum atomic E-state index is -0.810. The summed E-state index contributed by atoms with van der Waals surface area (Å²) in [5, 5.41) is 0. The molecular formula is C63H100O6. The highest BCUT2D eigenvalue weighted by atomic mass is 16.6. The van der Waals surface area contributed by atoms with Crippen LogP contribution in [0.15, 0.2) is 134 Å². The predicted molar refractivity (Wildman–Crippen MR) is 297 cm³/mol. The number of carbonyl (C=O) groups excluding carboxylic acids is 3. The van der Waals surface area contributed by atoms with E-state index in [9.17, 15) is 14.4 Å². The third kappa shape index (κ3) is 54.4. The average molecular weight is 953 g/mol. The van der Waals surface area contributed by atoms with Gasteiger partial charge in [-0.2, -0.15) is 0 Å². The van der Waals surface area contributed by atoms with Crippen LogP contribution in [0.3, 0.4) is 0 Å². The number of hydrogen-bond donors (Lipinski definition) is 0. The number of carbonyl (C=O) groups is 3. The van der Waals surface area contributed by atoms with Crippen LogP contribution in [0.2, 0.25) is 0 Å². The van der Waals surface area contributed by atoms with E-state index in [1.54, 1.807) is 0 Å². The molecule has 0 aliphatic carbocycles. The molecule has 0 bridgehead atoms. The molecule has 388 valence electrons. The lowest BCUT2D eigenvalue weighted by Crippen LogP contribution is -2.30. The third-order valence-corrected chi connectivity index (χ3v) is 11.1. The van der Waals surface area contributed by atoms with Gasteiger partial charge in [0.1, 0.15) is 13.2 Å². The van der Waals surface area contributed by atoms with Gasteiger partial charge >= 0.3 is 17.9 Å². The van der Waals surface area contributed by atoms with Gasteiger partial charge in [-0.05, 0) is 109 Å². The fraction of sp³-hybridized carbons (Fsp3) is 0.603. The lowest BCUT2D eigenvalue weighted by Gasteiger charge is -2.18. The molecule has 0 amide bonds. The molecule has 0 N–H and O–H groups in total. The van der Waals surface area contributed by atoms with Crippen LogP contribution < -0.4 is 0 Å². The first-order valence-electron chi connectivity index (χ1n) is 27.7. The lowest BCUT2D eigenvalue weighted by molar-refractivity contribution is -0.167. The Bertz CT molecular complexity index is 1510. The Labute approximate surface area is 424 Å². The van der Waals surface area contributed by atoms with Crippen LogP contribution in [0, 0.1) is 0 Å². The molecule has 69 heavy (non-hydrogen) atoms. The summed E-state index contributed by atoms with van der Waals surface area (Å²) in [6.45, 7) is 6.36. The van der Waals surface area contributed by atoms with Gasteiger partial charge in [-0.15, -0.1) is 0 Å². The Morgan fingerprint density at radius 3 is 1.00 bits per heavy atom. The second kappa shape index (κ2) is 56.1. The standard InChI is InChI=1S/C63H100O6/c1-4-7-10-13-16-19-21-23-24-25-26-27-28-29-30-31-32-33-34-35-36-37-38-40-41-44-47-50-53-56-62(65)68-59-60(58-67-61(64)55-52-49-46-43-18-15-12-9-6-3)69-63(66)57-54-51-48-45-42-39-22-20-17-14-11-8-5-2/h7,10-11,14,16,19-20,22-24,26-27,29-30,32-33,35-36,38,40,44,47,60H,4-6,8-9,12-13,15,17-18,21,25,28,31,34,37,39,41-43,45-46,48-59H2,1-3H3/b10-7-,14-11-,19-16-,22-20-,24-23-,27-26-,30-29-,33-32-,36-35-,40-38-,47-44-. The van der Waals surface area contributed by atoms with E-state index in [4.69, 9.17) is 14.2 Å². The van der Waals surface area contributed by atoms with E-state index in [2.05, 4.69) is 154 Å². The highest BCUT2D eigenvalue weighted by Gasteiger charge is 2.19. The normalized spacial score (nSPS) is 13.1. The number of allylic oxidation sites excluding steroid dienone is 22. The predicted octanol–water partition coefficient (Wildman–Crippen LogP) is 18.6. The molecule has 0 aromatic carbocycles. The lowest BCUT2D eigenvalue weighted by atomic mass is 10.1. The van der Waals surface area contributed by atoms with Gasteiger partial charge in [0.25, 0.3) is 0 Å². The molecule has 0 fully saturated rings. The molecule has 0 aromatic rings. The van der Waals surface area contributed by atoms with Gasteiger partial charge in [-0.3, -0.25) is 14.4 Å². The van der Waals surface area contributed by atoms with E-state index < -0.39 is 6.10 Å². The van der Waals surface area contributed by atoms with E-state index in [-0.39, 0.29) is 37.5 Å². The number of hydrogen-bond acceptors (Lipinski definition) is 6. The Kier molecular flexibility index (Phi) is 52.5. The van der Waals surface area contributed by atoms with Crippen molar-refractivity contribution in [2.45, 2.75) is 232 Å². The first-order chi connectivity index (χ1) is 34.0. The summed E-state index contributed by atoms with van der Waals surface area (Å²) in [6, 6.07) is 0. The van der Waals surface area contributed by atoms with Gasteiger partial charge < -0.3 is 14.2 Å². The van der Waals surface area contributed by atoms with E-state index in [1.165, 1.54) is 44.9 Å². The van der Waals surface area contributed by atoms with E-state index in [0.29, 0.717) is 19.3 Å². The van der Waals surface area contributed by atoms with Crippen LogP contribution in [0.25, 0.3) is 0 Å². The third-order valence-electron chi connectivity index (χ3n) is 11.1. The zero-order valence-electron chi connectivity index (χ0n) is 44.3. The molecule has 0 aliphatic rings. The van der Waals surface area contributed by atoms with Crippen molar-refractivity contribution in [2.24, 2.45) is 0 Å². The minimum Gasteiger partial charge on any atom is -0.462 e. The molecular weight excluding hydrogens is 853 g/mol. The van der Waals surface area contributed by atoms with Crippen molar-refractivity contribution in [1.82, 2.24) is 0 Å². The van der Waals surface area contributed by atoms with Crippen LogP contribution in [-0.2, 0) is 28.6 Å². The van der Waals surface area contributed by atoms with Crippen LogP contribution in [0.1, 0.15) is 226 Å². The molecule has 0 spiro atoms. The largest absolute Gasteiger partial charge is 0.462 e. The summed E-state index contributed by atoms with van der Waals surface area (Å²) >= 11 is 0. The van der Waals surface area contributed by atoms with Crippen LogP contribution >= 0.6 is 0 Å². The van der Waals surface area contributed by atoms with Crippen LogP contribution in [0.4, 0.5) is 0 Å². The molecule has 0 rings (SSSR count). The van der Waals surface area contributed by atoms with E-state index in [0.717, 1.165) is 135 Å². The maximum Gasteiger partial charge on any atom is 0.306 e. The average Bonchev–Trinajstić information content (AvgIpc) is 3.35. The molecule has 6 nitrogen and oxygen atoms in total. The minimum absolute atomic E-state index is 0.104. The Balaban J connectivity index is 4.37. The molecule has 0 saturated heterocycles. The molecule has 0 aromatic heterocycles. The van der Waals surface area contributed by atoms with Crippen molar-refractivity contribution in [2.75, 3.05) is 13.2 Å². The second-order valence-corrected chi connectivity index (χ2v) is 17.8. The summed E-state index contributed by atoms with van der Waals surface area (Å²) in [5.41, 5.74) is 0. The molecule has 0 saturated carbocycles. The van der Waals surface area contributed by atoms with Gasteiger partial charge in [-0.25, -0.2) is 0 Å². The topological polar surface area (TPSA) is 78.9 Å². The number of esters is 3.